The second kappa shape index (κ2) is 26.7. The number of aliphatic carboxylic acids is 1. The van der Waals surface area contributed by atoms with Crippen LogP contribution in [-0.4, -0.2) is 264 Å². The number of hydrogen-bond donors (Lipinski definition) is 13. The first-order chi connectivity index (χ1) is 42.6. The molecule has 0 spiro atoms. The summed E-state index contributed by atoms with van der Waals surface area (Å²) in [4.78, 5) is 67.2. The van der Waals surface area contributed by atoms with Gasteiger partial charge in [-0.25, -0.2) is 9.59 Å². The summed E-state index contributed by atoms with van der Waals surface area (Å²) in [6.45, 7) is 14.8. The molecule has 29 heteroatoms. The first-order valence-electron chi connectivity index (χ1n) is 31.3. The summed E-state index contributed by atoms with van der Waals surface area (Å²) in [6, 6.07) is 0. The number of hydrogen-bond acceptors (Lipinski definition) is 28. The number of fused-ring (bicyclic) bond motifs is 7. The Labute approximate surface area is 526 Å². The molecule has 5 aliphatic carbocycles. The predicted octanol–water partition coefficient (Wildman–Crippen LogP) is -2.08. The lowest BCUT2D eigenvalue weighted by atomic mass is 9.33. The van der Waals surface area contributed by atoms with Gasteiger partial charge in [0.2, 0.25) is 0 Å². The Morgan fingerprint density at radius 3 is 1.78 bits per heavy atom. The summed E-state index contributed by atoms with van der Waals surface area (Å²) in [7, 11) is 0. The number of esters is 3. The highest BCUT2D eigenvalue weighted by Gasteiger charge is 2.75. The number of rotatable bonds is 17. The number of aliphatic hydroxyl groups is 12. The lowest BCUT2D eigenvalue weighted by molar-refractivity contribution is -0.400. The maximum Gasteiger partial charge on any atom is 0.335 e. The van der Waals surface area contributed by atoms with Crippen molar-refractivity contribution in [1.29, 1.82) is 0 Å². The topological polar surface area (TPSA) is 450 Å². The van der Waals surface area contributed by atoms with Gasteiger partial charge in [-0.15, -0.1) is 0 Å². The number of carboxylic acid groups (broad SMARTS) is 1. The predicted molar refractivity (Wildman–Crippen MR) is 304 cm³/mol. The number of aliphatic hydroxyl groups excluding tert-OH is 12. The molecule has 4 heterocycles. The maximum absolute atomic E-state index is 14.3. The molecular weight excluding hydrogens is 1210 g/mol. The van der Waals surface area contributed by atoms with Crippen molar-refractivity contribution < 1.29 is 142 Å². The molecule has 8 fully saturated rings. The van der Waals surface area contributed by atoms with Gasteiger partial charge in [0.15, 0.2) is 31.3 Å². The van der Waals surface area contributed by atoms with E-state index >= 15 is 0 Å². The van der Waals surface area contributed by atoms with Crippen molar-refractivity contribution >= 4 is 30.2 Å². The van der Waals surface area contributed by atoms with E-state index in [1.54, 1.807) is 26.8 Å². The molecule has 29 nitrogen and oxygen atoms in total. The minimum Gasteiger partial charge on any atom is -0.479 e. The largest absolute Gasteiger partial charge is 0.479 e. The van der Waals surface area contributed by atoms with Crippen LogP contribution < -0.4 is 0 Å². The van der Waals surface area contributed by atoms with Crippen LogP contribution in [0, 0.1) is 50.2 Å². The van der Waals surface area contributed by atoms with Gasteiger partial charge in [-0.2, -0.15) is 0 Å². The zero-order valence-corrected chi connectivity index (χ0v) is 52.9. The standard InChI is InChI=1S/C62H94O29/c1-11-25(2)52(80)91-50-49(77)62(24-82-26(3)66)29(18-57(50,5)6)28-12-13-34-58(7)16-15-35(59(8,23-65)33(58)14-17-60(34,9)61(28,10)19-36(62)83-27(4)67)86-56-48(90-54-43(75)41(73)39(71)32(21-64)85-54)45(44(76)46(88-56)51(78)79)87-55-47(37(69)30(68)22-81-55)89-53-42(74)40(72)38(70)31(20-63)84-53/h11-12,23,29-50,53-56,63-64,68-77H,13-22,24H2,1-10H3,(H,78,79)/b25-11-/t29-,30-,31?,32+,33+,34+,35-,36+,37-,38?,39-,40?,41-,42?,43+,44-,45-,46-,47+,48+,49-,50-,53?,54-,55-,56+,58-,59-,60+,61+,62-/m0/s1. The average Bonchev–Trinajstić information content (AvgIpc) is 0.669. The molecule has 13 N–H and O–H groups in total. The Morgan fingerprint density at radius 2 is 1.23 bits per heavy atom. The minimum atomic E-state index is -2.33. The van der Waals surface area contributed by atoms with Gasteiger partial charge in [0.05, 0.1) is 36.8 Å². The van der Waals surface area contributed by atoms with Gasteiger partial charge in [-0.3, -0.25) is 9.59 Å². The fourth-order valence-electron chi connectivity index (χ4n) is 17.5. The van der Waals surface area contributed by atoms with Gasteiger partial charge in [0.25, 0.3) is 0 Å². The fourth-order valence-corrected chi connectivity index (χ4v) is 17.5. The Kier molecular flexibility index (Phi) is 21.0. The molecule has 9 aliphatic rings. The summed E-state index contributed by atoms with van der Waals surface area (Å²) in [5, 5.41) is 143. The average molecular weight is 1300 g/mol. The van der Waals surface area contributed by atoms with E-state index in [4.69, 9.17) is 52.1 Å². The number of allylic oxidation sites excluding steroid dienone is 3. The molecule has 0 aromatic rings. The second-order valence-corrected chi connectivity index (χ2v) is 28.3. The van der Waals surface area contributed by atoms with Crippen LogP contribution in [0.1, 0.15) is 114 Å². The van der Waals surface area contributed by atoms with Crippen LogP contribution in [0.2, 0.25) is 0 Å². The molecule has 4 saturated carbocycles. The van der Waals surface area contributed by atoms with E-state index < -0.39 is 229 Å². The van der Waals surface area contributed by atoms with Crippen molar-refractivity contribution in [3.8, 4) is 0 Å². The van der Waals surface area contributed by atoms with Gasteiger partial charge >= 0.3 is 23.9 Å². The summed E-state index contributed by atoms with van der Waals surface area (Å²) >= 11 is 0. The highest BCUT2D eigenvalue weighted by atomic mass is 16.8. The first kappa shape index (κ1) is 71.5. The van der Waals surface area contributed by atoms with Gasteiger partial charge in [0, 0.05) is 24.8 Å². The second-order valence-electron chi connectivity index (χ2n) is 28.3. The highest BCUT2D eigenvalue weighted by Crippen LogP contribution is 2.76. The van der Waals surface area contributed by atoms with Crippen LogP contribution in [0.15, 0.2) is 23.3 Å². The van der Waals surface area contributed by atoms with Gasteiger partial charge in [-0.05, 0) is 92.8 Å². The SMILES string of the molecule is C/C=C(/C)C(=O)O[C@H]1[C@H](O)[C@]2(COC(C)=O)[C@H](OC(C)=O)C[C@]3(C)C(=CC[C@@H]4[C@@]5(C)CC[C@H](O[C@@H]6O[C@H](C(=O)O)[C@@H](O)[C@H](O[C@@H]7OC[C@H](O)[C@H](O)[C@H]7OC7OC(CO)C(O)C(O)C7O)[C@H]6O[C@@H]6O[C@H](CO)[C@H](O)[C@H](O)[C@H]6O)[C@@](C)(C=O)[C@@H]5CC[C@]43C)[C@@H]2CC1(C)C. The van der Waals surface area contributed by atoms with Crippen molar-refractivity contribution in [2.45, 2.75) is 255 Å². The molecule has 5 unspecified atom stereocenters. The normalized spacial score (nSPS) is 49.7. The van der Waals surface area contributed by atoms with Crippen LogP contribution in [0.4, 0.5) is 0 Å². The molecule has 31 atom stereocenters. The van der Waals surface area contributed by atoms with Crippen LogP contribution >= 0.6 is 0 Å². The van der Waals surface area contributed by atoms with Crippen molar-refractivity contribution in [2.24, 2.45) is 50.2 Å². The zero-order valence-electron chi connectivity index (χ0n) is 52.9. The van der Waals surface area contributed by atoms with Gasteiger partial charge in [-0.1, -0.05) is 59.3 Å². The van der Waals surface area contributed by atoms with E-state index in [1.165, 1.54) is 13.8 Å². The number of ether oxygens (including phenoxy) is 11. The molecule has 0 aromatic heterocycles. The third-order valence-corrected chi connectivity index (χ3v) is 22.9. The summed E-state index contributed by atoms with van der Waals surface area (Å²) in [6.07, 6.45) is -36.0. The van der Waals surface area contributed by atoms with Crippen LogP contribution in [0.3, 0.4) is 0 Å². The molecule has 516 valence electrons. The number of aldehydes is 1. The van der Waals surface area contributed by atoms with Crippen LogP contribution in [-0.2, 0) is 76.1 Å². The third kappa shape index (κ3) is 12.2. The molecular formula is C62H94O29. The van der Waals surface area contributed by atoms with Crippen molar-refractivity contribution in [3.05, 3.63) is 23.3 Å². The Hall–Kier alpha value is -3.77. The Bertz CT molecular complexity index is 2720. The Morgan fingerprint density at radius 1 is 0.637 bits per heavy atom. The zero-order chi connectivity index (χ0) is 67.2. The van der Waals surface area contributed by atoms with Crippen molar-refractivity contribution in [3.63, 3.8) is 0 Å². The molecule has 0 aromatic carbocycles. The maximum atomic E-state index is 14.3. The lowest BCUT2D eigenvalue weighted by Crippen LogP contribution is -2.72. The number of carbonyl (C=O) groups excluding carboxylic acids is 4. The monoisotopic (exact) mass is 1300 g/mol. The van der Waals surface area contributed by atoms with Crippen molar-refractivity contribution in [2.75, 3.05) is 26.4 Å². The highest BCUT2D eigenvalue weighted by molar-refractivity contribution is 5.87. The molecule has 0 bridgehead atoms. The van der Waals surface area contributed by atoms with E-state index in [9.17, 15) is 90.4 Å². The van der Waals surface area contributed by atoms with E-state index in [0.717, 1.165) is 11.9 Å². The molecule has 91 heavy (non-hydrogen) atoms. The van der Waals surface area contributed by atoms with Gasteiger partial charge < -0.3 is 123 Å². The van der Waals surface area contributed by atoms with E-state index in [2.05, 4.69) is 26.8 Å². The molecule has 0 amide bonds. The molecule has 4 saturated heterocycles. The lowest BCUT2D eigenvalue weighted by Gasteiger charge is -2.72. The molecule has 9 rings (SSSR count). The molecule has 0 radical (unpaired) electrons. The smallest absolute Gasteiger partial charge is 0.335 e. The van der Waals surface area contributed by atoms with Crippen LogP contribution in [0.5, 0.6) is 0 Å². The van der Waals surface area contributed by atoms with E-state index in [-0.39, 0.29) is 25.4 Å². The summed E-state index contributed by atoms with van der Waals surface area (Å²) in [5.74, 6) is -5.05. The fraction of sp³-hybridized carbons (Fsp3) is 0.855. The van der Waals surface area contributed by atoms with Gasteiger partial charge in [0.1, 0.15) is 117 Å². The molecule has 4 aliphatic heterocycles. The number of carbonyl (C=O) groups is 5. The van der Waals surface area contributed by atoms with E-state index in [1.807, 2.05) is 13.8 Å². The minimum absolute atomic E-state index is 0.0722. The van der Waals surface area contributed by atoms with E-state index in [0.29, 0.717) is 37.7 Å². The summed E-state index contributed by atoms with van der Waals surface area (Å²) < 4.78 is 66.8. The summed E-state index contributed by atoms with van der Waals surface area (Å²) in [5.41, 5.74) is -4.75. The third-order valence-electron chi connectivity index (χ3n) is 22.9. The van der Waals surface area contributed by atoms with Crippen molar-refractivity contribution in [1.82, 2.24) is 0 Å². The first-order valence-corrected chi connectivity index (χ1v) is 31.3. The quantitative estimate of drug-likeness (QED) is 0.0186. The van der Waals surface area contributed by atoms with Crippen LogP contribution in [0.25, 0.3) is 0 Å². The Balaban J connectivity index is 1.07. The number of carboxylic acids is 1.